The summed E-state index contributed by atoms with van der Waals surface area (Å²) >= 11 is 0. The lowest BCUT2D eigenvalue weighted by Crippen LogP contribution is -2.30. The Labute approximate surface area is 134 Å². The van der Waals surface area contributed by atoms with Crippen molar-refractivity contribution >= 4 is 0 Å². The Balaban J connectivity index is 1.67. The van der Waals surface area contributed by atoms with Gasteiger partial charge in [-0.25, -0.2) is 0 Å². The molecule has 2 saturated carbocycles. The molecule has 0 N–H and O–H groups in total. The molecule has 0 aliphatic heterocycles. The molecular formula is C21H40. The van der Waals surface area contributed by atoms with Gasteiger partial charge < -0.3 is 0 Å². The van der Waals surface area contributed by atoms with Crippen molar-refractivity contribution in [2.75, 3.05) is 0 Å². The molecule has 0 aromatic carbocycles. The van der Waals surface area contributed by atoms with Crippen molar-refractivity contribution in [1.29, 1.82) is 0 Å². The van der Waals surface area contributed by atoms with Gasteiger partial charge >= 0.3 is 0 Å². The molecule has 0 aromatic rings. The first-order chi connectivity index (χ1) is 10.0. The Bertz CT molecular complexity index is 269. The van der Waals surface area contributed by atoms with Crippen LogP contribution in [0.3, 0.4) is 0 Å². The molecule has 124 valence electrons. The highest BCUT2D eigenvalue weighted by Crippen LogP contribution is 2.45. The molecule has 0 atom stereocenters. The molecule has 0 radical (unpaired) electrons. The summed E-state index contributed by atoms with van der Waals surface area (Å²) in [5.74, 6) is 4.24. The van der Waals surface area contributed by atoms with Gasteiger partial charge in [-0.15, -0.1) is 0 Å². The van der Waals surface area contributed by atoms with E-state index in [2.05, 4.69) is 27.7 Å². The maximum Gasteiger partial charge on any atom is -0.0354 e. The molecule has 0 amide bonds. The van der Waals surface area contributed by atoms with Crippen molar-refractivity contribution in [3.8, 4) is 0 Å². The molecule has 0 spiro atoms. The van der Waals surface area contributed by atoms with Crippen molar-refractivity contribution in [2.24, 2.45) is 29.1 Å². The minimum absolute atomic E-state index is 0.544. The molecule has 0 nitrogen and oxygen atoms in total. The standard InChI is InChI=1S/C21H40/c1-5-6-7-8-17-9-11-18(12-10-17)19-13-15-20(16-14-19)21(2,3)4/h17-20H,5-16H2,1-4H3. The molecule has 2 fully saturated rings. The Hall–Kier alpha value is 0. The van der Waals surface area contributed by atoms with Crippen LogP contribution in [0.1, 0.15) is 105 Å². The van der Waals surface area contributed by atoms with Gasteiger partial charge in [0.25, 0.3) is 0 Å². The highest BCUT2D eigenvalue weighted by molar-refractivity contribution is 4.85. The lowest BCUT2D eigenvalue weighted by Gasteiger charge is -2.41. The smallest absolute Gasteiger partial charge is 0.0354 e. The number of rotatable bonds is 5. The van der Waals surface area contributed by atoms with E-state index in [1.165, 1.54) is 51.4 Å². The van der Waals surface area contributed by atoms with E-state index in [-0.39, 0.29) is 0 Å². The van der Waals surface area contributed by atoms with Crippen LogP contribution < -0.4 is 0 Å². The second kappa shape index (κ2) is 8.02. The fourth-order valence-electron chi connectivity index (χ4n) is 5.09. The van der Waals surface area contributed by atoms with Gasteiger partial charge in [-0.2, -0.15) is 0 Å². The molecule has 0 aromatic heterocycles. The molecule has 2 rings (SSSR count). The molecule has 2 aliphatic rings. The third-order valence-electron chi connectivity index (χ3n) is 6.77. The highest BCUT2D eigenvalue weighted by Gasteiger charge is 2.34. The average molecular weight is 293 g/mol. The monoisotopic (exact) mass is 292 g/mol. The van der Waals surface area contributed by atoms with Gasteiger partial charge in [0.1, 0.15) is 0 Å². The first-order valence-electron chi connectivity index (χ1n) is 10.0. The van der Waals surface area contributed by atoms with Crippen molar-refractivity contribution in [3.05, 3.63) is 0 Å². The van der Waals surface area contributed by atoms with E-state index in [0.717, 1.165) is 23.7 Å². The first kappa shape index (κ1) is 17.4. The van der Waals surface area contributed by atoms with E-state index in [0.29, 0.717) is 5.41 Å². The molecule has 0 bridgehead atoms. The van der Waals surface area contributed by atoms with Gasteiger partial charge in [0, 0.05) is 0 Å². The van der Waals surface area contributed by atoms with Crippen LogP contribution >= 0.6 is 0 Å². The van der Waals surface area contributed by atoms with Crippen LogP contribution in [0.4, 0.5) is 0 Å². The summed E-state index contributed by atoms with van der Waals surface area (Å²) in [6.07, 6.45) is 18.1. The summed E-state index contributed by atoms with van der Waals surface area (Å²) in [7, 11) is 0. The van der Waals surface area contributed by atoms with Crippen molar-refractivity contribution < 1.29 is 0 Å². The van der Waals surface area contributed by atoms with Crippen molar-refractivity contribution in [2.45, 2.75) is 105 Å². The molecule has 2 aliphatic carbocycles. The van der Waals surface area contributed by atoms with E-state index in [4.69, 9.17) is 0 Å². The normalized spacial score (nSPS) is 34.9. The van der Waals surface area contributed by atoms with E-state index >= 15 is 0 Å². The lowest BCUT2D eigenvalue weighted by atomic mass is 9.64. The molecule has 0 unspecified atom stereocenters. The Morgan fingerprint density at radius 2 is 1.24 bits per heavy atom. The zero-order valence-corrected chi connectivity index (χ0v) is 15.3. The highest BCUT2D eigenvalue weighted by atomic mass is 14.4. The quantitative estimate of drug-likeness (QED) is 0.469. The molecule has 0 saturated heterocycles. The Morgan fingerprint density at radius 1 is 0.714 bits per heavy atom. The van der Waals surface area contributed by atoms with E-state index in [1.54, 1.807) is 25.7 Å². The summed E-state index contributed by atoms with van der Waals surface area (Å²) < 4.78 is 0. The zero-order chi connectivity index (χ0) is 15.3. The fourth-order valence-corrected chi connectivity index (χ4v) is 5.09. The zero-order valence-electron chi connectivity index (χ0n) is 15.3. The average Bonchev–Trinajstić information content (AvgIpc) is 2.48. The van der Waals surface area contributed by atoms with Gasteiger partial charge in [-0.1, -0.05) is 66.2 Å². The van der Waals surface area contributed by atoms with Crippen LogP contribution in [0.15, 0.2) is 0 Å². The van der Waals surface area contributed by atoms with E-state index in [9.17, 15) is 0 Å². The van der Waals surface area contributed by atoms with Gasteiger partial charge in [-0.3, -0.25) is 0 Å². The largest absolute Gasteiger partial charge is 0.0654 e. The summed E-state index contributed by atoms with van der Waals surface area (Å²) in [5, 5.41) is 0. The van der Waals surface area contributed by atoms with Gasteiger partial charge in [0.2, 0.25) is 0 Å². The summed E-state index contributed by atoms with van der Waals surface area (Å²) in [5.41, 5.74) is 0.544. The second-order valence-corrected chi connectivity index (χ2v) is 9.25. The predicted molar refractivity (Wildman–Crippen MR) is 94.5 cm³/mol. The topological polar surface area (TPSA) is 0 Å². The first-order valence-corrected chi connectivity index (χ1v) is 10.0. The van der Waals surface area contributed by atoms with Gasteiger partial charge in [0.15, 0.2) is 0 Å². The Kier molecular flexibility index (Phi) is 6.63. The van der Waals surface area contributed by atoms with E-state index in [1.807, 2.05) is 0 Å². The molecule has 0 heterocycles. The summed E-state index contributed by atoms with van der Waals surface area (Å²) in [6.45, 7) is 9.66. The minimum atomic E-state index is 0.544. The molecular weight excluding hydrogens is 252 g/mol. The predicted octanol–water partition coefficient (Wildman–Crippen LogP) is 7.23. The van der Waals surface area contributed by atoms with Gasteiger partial charge in [0.05, 0.1) is 0 Å². The summed E-state index contributed by atoms with van der Waals surface area (Å²) in [6, 6.07) is 0. The molecule has 21 heavy (non-hydrogen) atoms. The van der Waals surface area contributed by atoms with Crippen LogP contribution in [0.2, 0.25) is 0 Å². The number of unbranched alkanes of at least 4 members (excludes halogenated alkanes) is 2. The SMILES string of the molecule is CCCCCC1CCC(C2CCC(C(C)(C)C)CC2)CC1. The third kappa shape index (κ3) is 5.29. The summed E-state index contributed by atoms with van der Waals surface area (Å²) in [4.78, 5) is 0. The van der Waals surface area contributed by atoms with Crippen LogP contribution in [-0.4, -0.2) is 0 Å². The lowest BCUT2D eigenvalue weighted by molar-refractivity contribution is 0.0997. The second-order valence-electron chi connectivity index (χ2n) is 9.25. The van der Waals surface area contributed by atoms with Crippen LogP contribution in [0.25, 0.3) is 0 Å². The molecule has 0 heteroatoms. The van der Waals surface area contributed by atoms with Crippen LogP contribution in [-0.2, 0) is 0 Å². The maximum absolute atomic E-state index is 2.44. The van der Waals surface area contributed by atoms with Crippen molar-refractivity contribution in [1.82, 2.24) is 0 Å². The fraction of sp³-hybridized carbons (Fsp3) is 1.00. The number of hydrogen-bond acceptors (Lipinski definition) is 0. The van der Waals surface area contributed by atoms with Crippen LogP contribution in [0, 0.1) is 29.1 Å². The van der Waals surface area contributed by atoms with Gasteiger partial charge in [-0.05, 0) is 67.6 Å². The van der Waals surface area contributed by atoms with Crippen LogP contribution in [0.5, 0.6) is 0 Å². The minimum Gasteiger partial charge on any atom is -0.0654 e. The number of hydrogen-bond donors (Lipinski definition) is 0. The third-order valence-corrected chi connectivity index (χ3v) is 6.77. The maximum atomic E-state index is 2.44. The van der Waals surface area contributed by atoms with E-state index < -0.39 is 0 Å². The Morgan fingerprint density at radius 3 is 1.71 bits per heavy atom. The van der Waals surface area contributed by atoms with Crippen molar-refractivity contribution in [3.63, 3.8) is 0 Å².